The smallest absolute Gasteiger partial charge is 0.223 e. The number of aromatic nitrogens is 2. The fourth-order valence-electron chi connectivity index (χ4n) is 2.74. The monoisotopic (exact) mass is 426 g/mol. The van der Waals surface area contributed by atoms with Gasteiger partial charge >= 0.3 is 0 Å². The number of para-hydroxylation sites is 1. The maximum atomic E-state index is 12.7. The highest BCUT2D eigenvalue weighted by Gasteiger charge is 2.24. The zero-order valence-electron chi connectivity index (χ0n) is 14.4. The lowest BCUT2D eigenvalue weighted by atomic mass is 9.98. The topological polar surface area (TPSA) is 74.5 Å². The SMILES string of the molecule is Cc1nc(COc2ccc(/C=C3/COc4c(Br)cccc4C3=O)cc2)no1. The van der Waals surface area contributed by atoms with Gasteiger partial charge in [0.1, 0.15) is 18.1 Å². The van der Waals surface area contributed by atoms with E-state index in [0.29, 0.717) is 34.4 Å². The summed E-state index contributed by atoms with van der Waals surface area (Å²) in [5, 5.41) is 3.78. The maximum Gasteiger partial charge on any atom is 0.223 e. The number of hydrogen-bond acceptors (Lipinski definition) is 6. The number of carbonyl (C=O) groups excluding carboxylic acids is 1. The van der Waals surface area contributed by atoms with E-state index in [-0.39, 0.29) is 19.0 Å². The average Bonchev–Trinajstić information content (AvgIpc) is 3.09. The van der Waals surface area contributed by atoms with E-state index in [1.54, 1.807) is 13.0 Å². The molecule has 0 unspecified atom stereocenters. The summed E-state index contributed by atoms with van der Waals surface area (Å²) in [5.41, 5.74) is 2.07. The molecule has 27 heavy (non-hydrogen) atoms. The molecule has 1 aromatic heterocycles. The Morgan fingerprint density at radius 1 is 1.22 bits per heavy atom. The normalized spacial score (nSPS) is 14.7. The molecule has 136 valence electrons. The lowest BCUT2D eigenvalue weighted by molar-refractivity contribution is 0.100. The quantitative estimate of drug-likeness (QED) is 0.576. The first-order valence-corrected chi connectivity index (χ1v) is 9.08. The first-order chi connectivity index (χ1) is 13.1. The first-order valence-electron chi connectivity index (χ1n) is 8.29. The summed E-state index contributed by atoms with van der Waals surface area (Å²) in [6.45, 7) is 2.20. The van der Waals surface area contributed by atoms with Crippen LogP contribution in [0.1, 0.15) is 27.6 Å². The van der Waals surface area contributed by atoms with E-state index < -0.39 is 0 Å². The number of ketones is 1. The Balaban J connectivity index is 1.47. The van der Waals surface area contributed by atoms with Crippen molar-refractivity contribution in [1.82, 2.24) is 10.1 Å². The van der Waals surface area contributed by atoms with Crippen LogP contribution in [0.15, 0.2) is 57.0 Å². The van der Waals surface area contributed by atoms with Gasteiger partial charge in [0, 0.05) is 12.5 Å². The molecule has 3 aromatic rings. The Labute approximate surface area is 163 Å². The molecule has 2 heterocycles. The molecular formula is C20H15BrN2O4. The highest BCUT2D eigenvalue weighted by atomic mass is 79.9. The molecule has 0 spiro atoms. The molecule has 0 saturated carbocycles. The molecule has 0 saturated heterocycles. The van der Waals surface area contributed by atoms with E-state index in [2.05, 4.69) is 26.1 Å². The average molecular weight is 427 g/mol. The number of benzene rings is 2. The van der Waals surface area contributed by atoms with Gasteiger partial charge in [-0.25, -0.2) is 0 Å². The summed E-state index contributed by atoms with van der Waals surface area (Å²) in [6, 6.07) is 12.9. The number of fused-ring (bicyclic) bond motifs is 1. The summed E-state index contributed by atoms with van der Waals surface area (Å²) in [4.78, 5) is 16.8. The van der Waals surface area contributed by atoms with Crippen molar-refractivity contribution in [1.29, 1.82) is 0 Å². The van der Waals surface area contributed by atoms with E-state index in [9.17, 15) is 4.79 Å². The van der Waals surface area contributed by atoms with E-state index in [1.807, 2.05) is 42.5 Å². The zero-order chi connectivity index (χ0) is 18.8. The van der Waals surface area contributed by atoms with Crippen LogP contribution in [-0.4, -0.2) is 22.5 Å². The van der Waals surface area contributed by atoms with E-state index in [4.69, 9.17) is 14.0 Å². The van der Waals surface area contributed by atoms with E-state index >= 15 is 0 Å². The van der Waals surface area contributed by atoms with Crippen molar-refractivity contribution in [3.05, 3.63) is 75.4 Å². The lowest BCUT2D eigenvalue weighted by Crippen LogP contribution is -2.19. The third kappa shape index (κ3) is 3.78. The van der Waals surface area contributed by atoms with Crippen molar-refractivity contribution in [2.75, 3.05) is 6.61 Å². The van der Waals surface area contributed by atoms with Crippen LogP contribution in [0.4, 0.5) is 0 Å². The summed E-state index contributed by atoms with van der Waals surface area (Å²) in [5.74, 6) is 2.25. The molecule has 7 heteroatoms. The summed E-state index contributed by atoms with van der Waals surface area (Å²) >= 11 is 3.41. The van der Waals surface area contributed by atoms with Crippen LogP contribution in [0, 0.1) is 6.92 Å². The minimum absolute atomic E-state index is 0.0228. The number of hydrogen-bond donors (Lipinski definition) is 0. The number of rotatable bonds is 4. The number of nitrogens with zero attached hydrogens (tertiary/aromatic N) is 2. The van der Waals surface area contributed by atoms with Crippen molar-refractivity contribution >= 4 is 27.8 Å². The van der Waals surface area contributed by atoms with Crippen molar-refractivity contribution in [2.45, 2.75) is 13.5 Å². The number of halogens is 1. The first kappa shape index (κ1) is 17.5. The Morgan fingerprint density at radius 3 is 2.78 bits per heavy atom. The minimum atomic E-state index is -0.0228. The zero-order valence-corrected chi connectivity index (χ0v) is 16.0. The summed E-state index contributed by atoms with van der Waals surface area (Å²) in [6.07, 6.45) is 1.83. The van der Waals surface area contributed by atoms with Gasteiger partial charge in [0.15, 0.2) is 12.4 Å². The Kier molecular flexibility index (Phi) is 4.77. The standard InChI is InChI=1S/C20H15BrN2O4/c1-12-22-18(23-27-12)11-25-15-7-5-13(6-8-15)9-14-10-26-20-16(19(14)24)3-2-4-17(20)21/h2-9H,10-11H2,1H3/b14-9-. The Hall–Kier alpha value is -2.93. The molecule has 0 atom stereocenters. The van der Waals surface area contributed by atoms with Gasteiger partial charge in [-0.2, -0.15) is 4.98 Å². The van der Waals surface area contributed by atoms with Crippen LogP contribution in [0.5, 0.6) is 11.5 Å². The lowest BCUT2D eigenvalue weighted by Gasteiger charge is -2.19. The largest absolute Gasteiger partial charge is 0.487 e. The van der Waals surface area contributed by atoms with Crippen LogP contribution >= 0.6 is 15.9 Å². The highest BCUT2D eigenvalue weighted by molar-refractivity contribution is 9.10. The van der Waals surface area contributed by atoms with Gasteiger partial charge in [0.2, 0.25) is 11.7 Å². The summed E-state index contributed by atoms with van der Waals surface area (Å²) < 4.78 is 17.1. The van der Waals surface area contributed by atoms with E-state index in [1.165, 1.54) is 0 Å². The second-order valence-electron chi connectivity index (χ2n) is 5.99. The summed E-state index contributed by atoms with van der Waals surface area (Å²) in [7, 11) is 0. The molecule has 1 aliphatic rings. The number of Topliss-reactive ketones (excluding diaryl/α,β-unsaturated/α-hetero) is 1. The fourth-order valence-corrected chi connectivity index (χ4v) is 3.22. The Bertz CT molecular complexity index is 1020. The van der Waals surface area contributed by atoms with Gasteiger partial charge < -0.3 is 14.0 Å². The van der Waals surface area contributed by atoms with Gasteiger partial charge in [0.05, 0.1) is 10.0 Å². The van der Waals surface area contributed by atoms with Gasteiger partial charge in [-0.05, 0) is 51.8 Å². The highest BCUT2D eigenvalue weighted by Crippen LogP contribution is 2.34. The Morgan fingerprint density at radius 2 is 2.04 bits per heavy atom. The molecule has 2 aromatic carbocycles. The van der Waals surface area contributed by atoms with Crippen LogP contribution in [0.25, 0.3) is 6.08 Å². The van der Waals surface area contributed by atoms with Crippen molar-refractivity contribution in [3.63, 3.8) is 0 Å². The van der Waals surface area contributed by atoms with Crippen LogP contribution in [-0.2, 0) is 6.61 Å². The fraction of sp³-hybridized carbons (Fsp3) is 0.150. The molecule has 0 radical (unpaired) electrons. The molecule has 0 fully saturated rings. The predicted octanol–water partition coefficient (Wildman–Crippen LogP) is 4.38. The molecule has 0 bridgehead atoms. The van der Waals surface area contributed by atoms with Gasteiger partial charge in [-0.1, -0.05) is 23.4 Å². The molecular weight excluding hydrogens is 412 g/mol. The molecule has 0 N–H and O–H groups in total. The van der Waals surface area contributed by atoms with E-state index in [0.717, 1.165) is 10.0 Å². The van der Waals surface area contributed by atoms with Crippen molar-refractivity contribution < 1.29 is 18.8 Å². The minimum Gasteiger partial charge on any atom is -0.487 e. The maximum absolute atomic E-state index is 12.7. The van der Waals surface area contributed by atoms with Crippen LogP contribution in [0.3, 0.4) is 0 Å². The van der Waals surface area contributed by atoms with Gasteiger partial charge in [-0.3, -0.25) is 4.79 Å². The molecule has 4 rings (SSSR count). The third-order valence-electron chi connectivity index (χ3n) is 4.03. The molecule has 0 aliphatic carbocycles. The number of carbonyl (C=O) groups is 1. The second kappa shape index (κ2) is 7.36. The molecule has 6 nitrogen and oxygen atoms in total. The second-order valence-corrected chi connectivity index (χ2v) is 6.85. The van der Waals surface area contributed by atoms with Crippen molar-refractivity contribution in [2.24, 2.45) is 0 Å². The van der Waals surface area contributed by atoms with Crippen LogP contribution < -0.4 is 9.47 Å². The van der Waals surface area contributed by atoms with Gasteiger partial charge in [-0.15, -0.1) is 0 Å². The van der Waals surface area contributed by atoms with Gasteiger partial charge in [0.25, 0.3) is 0 Å². The third-order valence-corrected chi connectivity index (χ3v) is 4.66. The van der Waals surface area contributed by atoms with Crippen molar-refractivity contribution in [3.8, 4) is 11.5 Å². The van der Waals surface area contributed by atoms with Crippen LogP contribution in [0.2, 0.25) is 0 Å². The predicted molar refractivity (Wildman–Crippen MR) is 102 cm³/mol. The molecule has 0 amide bonds. The number of aryl methyl sites for hydroxylation is 1. The molecule has 1 aliphatic heterocycles. The number of ether oxygens (including phenoxy) is 2.